The zero-order valence-corrected chi connectivity index (χ0v) is 15.7. The molecule has 0 bridgehead atoms. The van der Waals surface area contributed by atoms with E-state index in [1.807, 2.05) is 42.5 Å². The van der Waals surface area contributed by atoms with Crippen molar-refractivity contribution in [3.05, 3.63) is 66.5 Å². The number of esters is 1. The molecule has 3 aromatic rings. The van der Waals surface area contributed by atoms with Crippen LogP contribution in [0.3, 0.4) is 0 Å². The van der Waals surface area contributed by atoms with Crippen LogP contribution in [0, 0.1) is 0 Å². The van der Waals surface area contributed by atoms with E-state index in [4.69, 9.17) is 9.47 Å². The average molecular weight is 379 g/mol. The van der Waals surface area contributed by atoms with Crippen molar-refractivity contribution in [1.82, 2.24) is 10.2 Å². The summed E-state index contributed by atoms with van der Waals surface area (Å²) in [5.41, 5.74) is 3.15. The summed E-state index contributed by atoms with van der Waals surface area (Å²) in [6.07, 6.45) is 4.20. The smallest absolute Gasteiger partial charge is 0.307 e. The molecule has 1 aromatic heterocycles. The third-order valence-corrected chi connectivity index (χ3v) is 4.51. The van der Waals surface area contributed by atoms with Crippen LogP contribution in [-0.4, -0.2) is 36.8 Å². The lowest BCUT2D eigenvalue weighted by Gasteiger charge is -2.28. The van der Waals surface area contributed by atoms with Crippen molar-refractivity contribution in [1.29, 1.82) is 0 Å². The summed E-state index contributed by atoms with van der Waals surface area (Å²) in [6, 6.07) is 14.3. The highest BCUT2D eigenvalue weighted by Gasteiger charge is 2.25. The second-order valence-electron chi connectivity index (χ2n) is 6.09. The summed E-state index contributed by atoms with van der Waals surface area (Å²) in [5.74, 6) is 0.193. The molecular weight excluding hydrogens is 358 g/mol. The Morgan fingerprint density at radius 1 is 1.21 bits per heavy atom. The number of amides is 1. The third kappa shape index (κ3) is 4.03. The van der Waals surface area contributed by atoms with Crippen LogP contribution in [0.4, 0.5) is 5.69 Å². The Morgan fingerprint density at radius 2 is 2.00 bits per heavy atom. The molecule has 1 heterocycles. The van der Waals surface area contributed by atoms with Crippen LogP contribution in [0.15, 0.2) is 60.9 Å². The number of hydrogen-bond donors (Lipinski definition) is 1. The normalized spacial score (nSPS) is 11.5. The number of ether oxygens (including phenoxy) is 2. The van der Waals surface area contributed by atoms with Crippen LogP contribution in [0.5, 0.6) is 5.75 Å². The van der Waals surface area contributed by atoms with Gasteiger partial charge in [0.25, 0.3) is 0 Å². The Balaban J connectivity index is 2.02. The highest BCUT2D eigenvalue weighted by Crippen LogP contribution is 2.36. The number of benzene rings is 2. The summed E-state index contributed by atoms with van der Waals surface area (Å²) < 4.78 is 10.3. The number of carbonyl (C=O) groups excluding carboxylic acids is 2. The zero-order valence-electron chi connectivity index (χ0n) is 15.7. The first-order valence-corrected chi connectivity index (χ1v) is 8.70. The lowest BCUT2D eigenvalue weighted by molar-refractivity contribution is -0.141. The van der Waals surface area contributed by atoms with Gasteiger partial charge in [0.1, 0.15) is 5.75 Å². The zero-order chi connectivity index (χ0) is 19.9. The maximum absolute atomic E-state index is 12.0. The Hall–Kier alpha value is -3.61. The minimum atomic E-state index is -0.504. The molecule has 0 aliphatic heterocycles. The van der Waals surface area contributed by atoms with Gasteiger partial charge < -0.3 is 14.4 Å². The number of carbonyl (C=O) groups is 2. The van der Waals surface area contributed by atoms with Gasteiger partial charge in [0.2, 0.25) is 6.41 Å². The van der Waals surface area contributed by atoms with Crippen LogP contribution >= 0.6 is 0 Å². The molecule has 0 aliphatic rings. The van der Waals surface area contributed by atoms with Gasteiger partial charge in [-0.2, -0.15) is 5.10 Å². The molecule has 7 nitrogen and oxygen atoms in total. The van der Waals surface area contributed by atoms with Crippen molar-refractivity contribution >= 4 is 18.1 Å². The standard InChI is InChI=1S/C21H21N3O4/c1-27-20-10-17(8-9-18(20)16-12-22-23-13-16)24(14-25)19(11-21(26)28-2)15-6-4-3-5-7-15/h3-10,12-14,19H,11H2,1-2H3,(H,22,23)/t19-/m1/s1. The molecule has 1 amide bonds. The first-order chi connectivity index (χ1) is 13.7. The number of anilines is 1. The van der Waals surface area contributed by atoms with Gasteiger partial charge in [-0.05, 0) is 17.7 Å². The van der Waals surface area contributed by atoms with Gasteiger partial charge in [-0.25, -0.2) is 0 Å². The average Bonchev–Trinajstić information content (AvgIpc) is 3.28. The van der Waals surface area contributed by atoms with Gasteiger partial charge >= 0.3 is 5.97 Å². The molecule has 0 aliphatic carbocycles. The minimum absolute atomic E-state index is 0.0328. The van der Waals surface area contributed by atoms with Crippen molar-refractivity contribution in [2.75, 3.05) is 19.1 Å². The number of methoxy groups -OCH3 is 2. The molecular formula is C21H21N3O4. The maximum Gasteiger partial charge on any atom is 0.307 e. The van der Waals surface area contributed by atoms with E-state index in [-0.39, 0.29) is 6.42 Å². The lowest BCUT2D eigenvalue weighted by atomic mass is 10.0. The number of aromatic amines is 1. The molecule has 0 saturated heterocycles. The molecule has 144 valence electrons. The maximum atomic E-state index is 12.0. The molecule has 0 radical (unpaired) electrons. The summed E-state index contributed by atoms with van der Waals surface area (Å²) in [7, 11) is 2.90. The number of rotatable bonds is 8. The van der Waals surface area contributed by atoms with Gasteiger partial charge in [-0.15, -0.1) is 0 Å². The van der Waals surface area contributed by atoms with Gasteiger partial charge in [-0.3, -0.25) is 14.7 Å². The number of aromatic nitrogens is 2. The van der Waals surface area contributed by atoms with Gasteiger partial charge in [-0.1, -0.05) is 30.3 Å². The molecule has 0 saturated carbocycles. The first-order valence-electron chi connectivity index (χ1n) is 8.70. The lowest BCUT2D eigenvalue weighted by Crippen LogP contribution is -2.29. The van der Waals surface area contributed by atoms with Crippen molar-refractivity contribution in [2.45, 2.75) is 12.5 Å². The van der Waals surface area contributed by atoms with Crippen LogP contribution in [-0.2, 0) is 14.3 Å². The fourth-order valence-corrected chi connectivity index (χ4v) is 3.08. The molecule has 7 heteroatoms. The fourth-order valence-electron chi connectivity index (χ4n) is 3.08. The quantitative estimate of drug-likeness (QED) is 0.479. The van der Waals surface area contributed by atoms with Crippen LogP contribution in [0.25, 0.3) is 11.1 Å². The summed E-state index contributed by atoms with van der Waals surface area (Å²) in [4.78, 5) is 25.5. The van der Waals surface area contributed by atoms with Crippen LogP contribution in [0.2, 0.25) is 0 Å². The van der Waals surface area contributed by atoms with E-state index in [2.05, 4.69) is 10.2 Å². The molecule has 0 spiro atoms. The monoisotopic (exact) mass is 379 g/mol. The van der Waals surface area contributed by atoms with Crippen molar-refractivity contribution in [2.24, 2.45) is 0 Å². The van der Waals surface area contributed by atoms with Gasteiger partial charge in [0, 0.05) is 29.1 Å². The van der Waals surface area contributed by atoms with E-state index in [0.717, 1.165) is 16.7 Å². The van der Waals surface area contributed by atoms with E-state index < -0.39 is 12.0 Å². The largest absolute Gasteiger partial charge is 0.496 e. The van der Waals surface area contributed by atoms with Crippen molar-refractivity contribution in [3.63, 3.8) is 0 Å². The fraction of sp³-hybridized carbons (Fsp3) is 0.190. The molecule has 28 heavy (non-hydrogen) atoms. The Morgan fingerprint density at radius 3 is 2.61 bits per heavy atom. The van der Waals surface area contributed by atoms with Crippen molar-refractivity contribution in [3.8, 4) is 16.9 Å². The van der Waals surface area contributed by atoms with Gasteiger partial charge in [0.15, 0.2) is 0 Å². The minimum Gasteiger partial charge on any atom is -0.496 e. The Labute approximate surface area is 162 Å². The SMILES string of the molecule is COC(=O)C[C@H](c1ccccc1)N(C=O)c1ccc(-c2cn[nH]c2)c(OC)c1. The second-order valence-corrected chi connectivity index (χ2v) is 6.09. The topological polar surface area (TPSA) is 84.5 Å². The molecule has 1 N–H and O–H groups in total. The van der Waals surface area contributed by atoms with E-state index >= 15 is 0 Å². The van der Waals surface area contributed by atoms with E-state index in [1.165, 1.54) is 12.0 Å². The third-order valence-electron chi connectivity index (χ3n) is 4.51. The summed E-state index contributed by atoms with van der Waals surface area (Å²) in [5, 5.41) is 6.73. The molecule has 3 rings (SSSR count). The number of nitrogens with zero attached hydrogens (tertiary/aromatic N) is 2. The van der Waals surface area contributed by atoms with E-state index in [1.54, 1.807) is 25.6 Å². The second kappa shape index (κ2) is 8.85. The molecule has 2 aromatic carbocycles. The predicted octanol–water partition coefficient (Wildman–Crippen LogP) is 3.35. The summed E-state index contributed by atoms with van der Waals surface area (Å²) >= 11 is 0. The molecule has 0 fully saturated rings. The Kier molecular flexibility index (Phi) is 6.06. The van der Waals surface area contributed by atoms with Crippen LogP contribution in [0.1, 0.15) is 18.0 Å². The molecule has 1 atom stereocenters. The van der Waals surface area contributed by atoms with E-state index in [9.17, 15) is 9.59 Å². The highest BCUT2D eigenvalue weighted by molar-refractivity contribution is 5.82. The first kappa shape index (κ1) is 19.2. The number of H-pyrrole nitrogens is 1. The number of hydrogen-bond acceptors (Lipinski definition) is 5. The summed E-state index contributed by atoms with van der Waals surface area (Å²) in [6.45, 7) is 0. The van der Waals surface area contributed by atoms with E-state index in [0.29, 0.717) is 17.8 Å². The van der Waals surface area contributed by atoms with Crippen LogP contribution < -0.4 is 9.64 Å². The molecule has 0 unspecified atom stereocenters. The number of nitrogens with one attached hydrogen (secondary N) is 1. The Bertz CT molecular complexity index is 926. The highest BCUT2D eigenvalue weighted by atomic mass is 16.5. The van der Waals surface area contributed by atoms with Gasteiger partial charge in [0.05, 0.1) is 32.9 Å². The predicted molar refractivity (Wildman–Crippen MR) is 105 cm³/mol. The van der Waals surface area contributed by atoms with Crippen molar-refractivity contribution < 1.29 is 19.1 Å².